The lowest BCUT2D eigenvalue weighted by atomic mass is 9.75. The topological polar surface area (TPSA) is 93.2 Å². The summed E-state index contributed by atoms with van der Waals surface area (Å²) in [6.07, 6.45) is 1.27. The van der Waals surface area contributed by atoms with Crippen LogP contribution < -0.4 is 4.90 Å². The van der Waals surface area contributed by atoms with E-state index in [9.17, 15) is 19.2 Å². The van der Waals surface area contributed by atoms with Gasteiger partial charge in [0.2, 0.25) is 11.8 Å². The molecule has 1 aromatic rings. The number of para-hydroxylation sites is 1. The maximum atomic E-state index is 13.0. The number of hydrogen-bond acceptors (Lipinski definition) is 7. The summed E-state index contributed by atoms with van der Waals surface area (Å²) in [7, 11) is 2.43. The lowest BCUT2D eigenvalue weighted by molar-refractivity contribution is -0.170. The van der Waals surface area contributed by atoms with E-state index in [2.05, 4.69) is 0 Å². The molecular formula is C21H22N2O6. The van der Waals surface area contributed by atoms with Crippen LogP contribution in [-0.4, -0.2) is 55.1 Å². The average molecular weight is 398 g/mol. The van der Waals surface area contributed by atoms with Crippen molar-refractivity contribution in [2.45, 2.75) is 38.4 Å². The molecule has 2 fully saturated rings. The summed E-state index contributed by atoms with van der Waals surface area (Å²) in [6.45, 7) is 1.82. The highest BCUT2D eigenvalue weighted by molar-refractivity contribution is 6.06. The van der Waals surface area contributed by atoms with Gasteiger partial charge in [-0.25, -0.2) is 0 Å². The van der Waals surface area contributed by atoms with E-state index in [1.807, 2.05) is 42.2 Å². The van der Waals surface area contributed by atoms with E-state index < -0.39 is 29.6 Å². The van der Waals surface area contributed by atoms with Crippen LogP contribution in [0.15, 0.2) is 29.8 Å². The molecule has 8 heteroatoms. The summed E-state index contributed by atoms with van der Waals surface area (Å²) in [4.78, 5) is 54.2. The van der Waals surface area contributed by atoms with Gasteiger partial charge in [0.25, 0.3) is 0 Å². The van der Waals surface area contributed by atoms with E-state index in [1.54, 1.807) is 0 Å². The number of likely N-dealkylation sites (tertiary alicyclic amines) is 1. The Morgan fingerprint density at radius 2 is 1.62 bits per heavy atom. The van der Waals surface area contributed by atoms with Crippen molar-refractivity contribution in [3.63, 3.8) is 0 Å². The van der Waals surface area contributed by atoms with Gasteiger partial charge in [-0.3, -0.25) is 24.1 Å². The minimum absolute atomic E-state index is 0.0893. The van der Waals surface area contributed by atoms with Crippen LogP contribution in [0.1, 0.15) is 31.7 Å². The number of carbonyl (C=O) groups excluding carboxylic acids is 4. The van der Waals surface area contributed by atoms with Crippen molar-refractivity contribution in [3.8, 4) is 0 Å². The zero-order valence-corrected chi connectivity index (χ0v) is 16.5. The van der Waals surface area contributed by atoms with Crippen LogP contribution in [-0.2, 0) is 28.7 Å². The molecule has 0 bridgehead atoms. The summed E-state index contributed by atoms with van der Waals surface area (Å²) in [6, 6.07) is 6.76. The van der Waals surface area contributed by atoms with Gasteiger partial charge in [0.05, 0.1) is 20.3 Å². The number of esters is 2. The molecule has 3 heterocycles. The molecule has 29 heavy (non-hydrogen) atoms. The molecule has 1 aromatic carbocycles. The van der Waals surface area contributed by atoms with Gasteiger partial charge < -0.3 is 14.4 Å². The van der Waals surface area contributed by atoms with Crippen LogP contribution in [0.25, 0.3) is 6.08 Å². The van der Waals surface area contributed by atoms with E-state index in [1.165, 1.54) is 19.1 Å². The summed E-state index contributed by atoms with van der Waals surface area (Å²) >= 11 is 0. The molecule has 0 N–H and O–H groups in total. The first kappa shape index (κ1) is 19.2. The Hall–Kier alpha value is -3.16. The normalized spacial score (nSPS) is 24.7. The predicted molar refractivity (Wildman–Crippen MR) is 102 cm³/mol. The fourth-order valence-corrected chi connectivity index (χ4v) is 4.96. The van der Waals surface area contributed by atoms with E-state index in [-0.39, 0.29) is 31.1 Å². The Kier molecular flexibility index (Phi) is 4.44. The molecule has 0 unspecified atom stereocenters. The second kappa shape index (κ2) is 6.72. The van der Waals surface area contributed by atoms with Gasteiger partial charge in [-0.2, -0.15) is 0 Å². The molecule has 3 aliphatic heterocycles. The average Bonchev–Trinajstić information content (AvgIpc) is 3.25. The van der Waals surface area contributed by atoms with Crippen LogP contribution in [0.3, 0.4) is 0 Å². The van der Waals surface area contributed by atoms with E-state index in [4.69, 9.17) is 9.47 Å². The maximum absolute atomic E-state index is 13.0. The second-order valence-corrected chi connectivity index (χ2v) is 7.55. The zero-order valence-electron chi connectivity index (χ0n) is 16.5. The summed E-state index contributed by atoms with van der Waals surface area (Å²) in [5.74, 6) is -2.11. The molecule has 0 radical (unpaired) electrons. The zero-order chi connectivity index (χ0) is 20.9. The van der Waals surface area contributed by atoms with Crippen LogP contribution in [0.2, 0.25) is 0 Å². The number of amides is 2. The molecule has 152 valence electrons. The number of methoxy groups -OCH3 is 2. The van der Waals surface area contributed by atoms with E-state index in [0.29, 0.717) is 0 Å². The van der Waals surface area contributed by atoms with E-state index in [0.717, 1.165) is 16.8 Å². The van der Waals surface area contributed by atoms with Crippen molar-refractivity contribution in [1.82, 2.24) is 4.90 Å². The Morgan fingerprint density at radius 3 is 2.21 bits per heavy atom. The smallest absolute Gasteiger partial charge is 0.325 e. The van der Waals surface area contributed by atoms with Crippen molar-refractivity contribution >= 4 is 35.5 Å². The lowest BCUT2D eigenvalue weighted by Crippen LogP contribution is -2.54. The number of anilines is 1. The van der Waals surface area contributed by atoms with Crippen LogP contribution >= 0.6 is 0 Å². The van der Waals surface area contributed by atoms with Gasteiger partial charge in [-0.05, 0) is 24.1 Å². The number of fused-ring (bicyclic) bond motifs is 3. The van der Waals surface area contributed by atoms with Crippen molar-refractivity contribution in [2.75, 3.05) is 19.1 Å². The standard InChI is InChI=1S/C21H22N2O6/c1-12-10-13-6-4-5-7-14(13)22-15(23-16(24)8-9-17(23)25)11-21(18(12)22,19(26)28-2)20(27)29-3/h4-7,10,15,18H,8-9,11H2,1-3H3/t15-,18-/m1/s1. The molecule has 4 rings (SSSR count). The molecule has 0 spiro atoms. The van der Waals surface area contributed by atoms with Gasteiger partial charge in [-0.15, -0.1) is 0 Å². The highest BCUT2D eigenvalue weighted by atomic mass is 16.5. The van der Waals surface area contributed by atoms with Gasteiger partial charge in [0.1, 0.15) is 6.17 Å². The molecule has 0 saturated carbocycles. The molecule has 0 aliphatic carbocycles. The number of ether oxygens (including phenoxy) is 2. The maximum Gasteiger partial charge on any atom is 0.325 e. The lowest BCUT2D eigenvalue weighted by Gasteiger charge is -2.41. The number of carbonyl (C=O) groups is 4. The first-order valence-corrected chi connectivity index (χ1v) is 9.44. The minimum atomic E-state index is -1.69. The Balaban J connectivity index is 1.96. The van der Waals surface area contributed by atoms with Crippen molar-refractivity contribution in [3.05, 3.63) is 35.4 Å². The number of hydrogen-bond donors (Lipinski definition) is 0. The first-order valence-electron chi connectivity index (χ1n) is 9.44. The summed E-state index contributed by atoms with van der Waals surface area (Å²) in [5.41, 5.74) is 0.693. The highest BCUT2D eigenvalue weighted by Crippen LogP contribution is 2.52. The van der Waals surface area contributed by atoms with Crippen molar-refractivity contribution in [1.29, 1.82) is 0 Å². The predicted octanol–water partition coefficient (Wildman–Crippen LogP) is 1.49. The Morgan fingerprint density at radius 1 is 1.03 bits per heavy atom. The van der Waals surface area contributed by atoms with Crippen LogP contribution in [0, 0.1) is 5.41 Å². The quantitative estimate of drug-likeness (QED) is 0.433. The summed E-state index contributed by atoms with van der Waals surface area (Å²) in [5, 5.41) is 0. The molecule has 8 nitrogen and oxygen atoms in total. The fraction of sp³-hybridized carbons (Fsp3) is 0.429. The molecule has 0 aromatic heterocycles. The number of benzene rings is 1. The van der Waals surface area contributed by atoms with Gasteiger partial charge in [0.15, 0.2) is 5.41 Å². The third kappa shape index (κ3) is 2.51. The Bertz CT molecular complexity index is 920. The van der Waals surface area contributed by atoms with Crippen molar-refractivity contribution in [2.24, 2.45) is 5.41 Å². The molecule has 2 amide bonds. The molecule has 2 atom stereocenters. The molecule has 3 aliphatic rings. The van der Waals surface area contributed by atoms with E-state index >= 15 is 0 Å². The number of imide groups is 1. The van der Waals surface area contributed by atoms with Crippen LogP contribution in [0.5, 0.6) is 0 Å². The number of rotatable bonds is 3. The second-order valence-electron chi connectivity index (χ2n) is 7.55. The largest absolute Gasteiger partial charge is 0.468 e. The third-order valence-corrected chi connectivity index (χ3v) is 6.09. The monoisotopic (exact) mass is 398 g/mol. The van der Waals surface area contributed by atoms with Crippen molar-refractivity contribution < 1.29 is 28.7 Å². The highest BCUT2D eigenvalue weighted by Gasteiger charge is 2.67. The summed E-state index contributed by atoms with van der Waals surface area (Å²) < 4.78 is 10.1. The Labute approximate surface area is 168 Å². The van der Waals surface area contributed by atoms with Gasteiger partial charge in [-0.1, -0.05) is 24.3 Å². The fourth-order valence-electron chi connectivity index (χ4n) is 4.96. The van der Waals surface area contributed by atoms with Crippen LogP contribution in [0.4, 0.5) is 5.69 Å². The SMILES string of the molecule is COC(=O)C1(C(=O)OC)C[C@@H](N2C(=O)CCC2=O)N2c3ccccc3C=C(C)[C@@H]21. The molecule has 2 saturated heterocycles. The number of nitrogens with zero attached hydrogens (tertiary/aromatic N) is 2. The minimum Gasteiger partial charge on any atom is -0.468 e. The van der Waals surface area contributed by atoms with Gasteiger partial charge in [0, 0.05) is 24.9 Å². The first-order chi connectivity index (χ1) is 13.9. The van der Waals surface area contributed by atoms with Gasteiger partial charge >= 0.3 is 11.9 Å². The third-order valence-electron chi connectivity index (χ3n) is 6.09. The molecular weight excluding hydrogens is 376 g/mol.